The lowest BCUT2D eigenvalue weighted by molar-refractivity contribution is -0.141. The second kappa shape index (κ2) is 5.30. The molecule has 3 heteroatoms. The number of rotatable bonds is 5. The van der Waals surface area contributed by atoms with Gasteiger partial charge in [0.2, 0.25) is 0 Å². The molecule has 16 heavy (non-hydrogen) atoms. The highest BCUT2D eigenvalue weighted by Crippen LogP contribution is 2.36. The molecule has 1 rings (SSSR count). The van der Waals surface area contributed by atoms with Gasteiger partial charge in [-0.05, 0) is 5.92 Å². The number of carbonyl (C=O) groups is 1. The summed E-state index contributed by atoms with van der Waals surface area (Å²) < 4.78 is 0. The van der Waals surface area contributed by atoms with Gasteiger partial charge in [0.25, 0.3) is 0 Å². The summed E-state index contributed by atoms with van der Waals surface area (Å²) in [4.78, 5) is 11.5. The van der Waals surface area contributed by atoms with Crippen LogP contribution in [0.3, 0.4) is 0 Å². The minimum atomic E-state index is -0.799. The van der Waals surface area contributed by atoms with Crippen LogP contribution < -0.4 is 5.19 Å². The summed E-state index contributed by atoms with van der Waals surface area (Å²) in [7, 11) is -0.799. The van der Waals surface area contributed by atoms with Crippen LogP contribution in [0.1, 0.15) is 27.2 Å². The van der Waals surface area contributed by atoms with Gasteiger partial charge in [-0.2, -0.15) is 0 Å². The van der Waals surface area contributed by atoms with E-state index in [1.807, 2.05) is 32.0 Å². The molecule has 0 saturated carbocycles. The van der Waals surface area contributed by atoms with E-state index < -0.39 is 20.5 Å². The molecule has 0 saturated heterocycles. The van der Waals surface area contributed by atoms with Crippen molar-refractivity contribution in [2.24, 2.45) is 5.92 Å². The van der Waals surface area contributed by atoms with Gasteiger partial charge in [0, 0.05) is 0 Å². The highest BCUT2D eigenvalue weighted by Gasteiger charge is 2.38. The number of hydrogen-bond donors (Lipinski definition) is 1. The Morgan fingerprint density at radius 3 is 2.44 bits per heavy atom. The van der Waals surface area contributed by atoms with Crippen LogP contribution in [0.5, 0.6) is 0 Å². The zero-order valence-corrected chi connectivity index (χ0v) is 11.6. The highest BCUT2D eigenvalue weighted by atomic mass is 28.2. The van der Waals surface area contributed by atoms with Gasteiger partial charge >= 0.3 is 5.97 Å². The van der Waals surface area contributed by atoms with E-state index in [-0.39, 0.29) is 5.92 Å². The Kier molecular flexibility index (Phi) is 4.30. The van der Waals surface area contributed by atoms with Crippen LogP contribution in [0, 0.1) is 5.92 Å². The van der Waals surface area contributed by atoms with Crippen molar-refractivity contribution < 1.29 is 9.90 Å². The topological polar surface area (TPSA) is 37.3 Å². The third-order valence-electron chi connectivity index (χ3n) is 3.60. The minimum Gasteiger partial charge on any atom is -0.481 e. The number of benzene rings is 1. The fourth-order valence-electron chi connectivity index (χ4n) is 1.93. The molecule has 0 spiro atoms. The largest absolute Gasteiger partial charge is 0.481 e. The van der Waals surface area contributed by atoms with E-state index in [0.717, 1.165) is 6.42 Å². The average molecular weight is 236 g/mol. The van der Waals surface area contributed by atoms with Gasteiger partial charge in [-0.25, -0.2) is 0 Å². The van der Waals surface area contributed by atoms with Crippen molar-refractivity contribution in [1.29, 1.82) is 0 Å². The molecule has 0 aliphatic heterocycles. The molecular formula is C13H20O2Si. The van der Waals surface area contributed by atoms with Crippen molar-refractivity contribution in [3.63, 3.8) is 0 Å². The van der Waals surface area contributed by atoms with E-state index in [4.69, 9.17) is 0 Å². The molecule has 1 aromatic rings. The van der Waals surface area contributed by atoms with E-state index in [1.165, 1.54) is 5.19 Å². The molecular weight excluding hydrogens is 216 g/mol. The van der Waals surface area contributed by atoms with Gasteiger partial charge in [0.05, 0.1) is 14.6 Å². The first-order chi connectivity index (χ1) is 7.50. The molecule has 0 aliphatic rings. The molecule has 2 nitrogen and oxygen atoms in total. The number of hydrogen-bond acceptors (Lipinski definition) is 1. The van der Waals surface area contributed by atoms with Crippen molar-refractivity contribution in [3.05, 3.63) is 30.3 Å². The second-order valence-electron chi connectivity index (χ2n) is 4.69. The summed E-state index contributed by atoms with van der Waals surface area (Å²) in [5, 5.41) is 10.1. The monoisotopic (exact) mass is 236 g/mol. The van der Waals surface area contributed by atoms with Gasteiger partial charge in [-0.1, -0.05) is 62.7 Å². The van der Waals surface area contributed by atoms with Crippen LogP contribution in [0.2, 0.25) is 5.04 Å². The van der Waals surface area contributed by atoms with Crippen LogP contribution in [0.25, 0.3) is 0 Å². The van der Waals surface area contributed by atoms with Crippen molar-refractivity contribution in [2.45, 2.75) is 32.2 Å². The molecule has 0 bridgehead atoms. The normalized spacial score (nSPS) is 17.2. The molecule has 2 atom stereocenters. The van der Waals surface area contributed by atoms with E-state index >= 15 is 0 Å². The first kappa shape index (κ1) is 13.0. The zero-order valence-electron chi connectivity index (χ0n) is 10.2. The van der Waals surface area contributed by atoms with E-state index in [2.05, 4.69) is 19.1 Å². The quantitative estimate of drug-likeness (QED) is 0.791. The molecule has 2 unspecified atom stereocenters. The summed E-state index contributed by atoms with van der Waals surface area (Å²) in [6.45, 7) is 6.01. The standard InChI is InChI=1S/C13H20O2Si/c1-4-10(2)13(3,12(14)15)16-11-8-6-5-7-9-11/h5-10H,4,16H2,1-3H3,(H,14,15). The third-order valence-corrected chi connectivity index (χ3v) is 6.22. The molecule has 0 heterocycles. The fraction of sp³-hybridized carbons (Fsp3) is 0.462. The van der Waals surface area contributed by atoms with Gasteiger partial charge in [0.15, 0.2) is 0 Å². The van der Waals surface area contributed by atoms with E-state index in [9.17, 15) is 9.90 Å². The Labute approximate surface area is 99.5 Å². The minimum absolute atomic E-state index is 0.233. The van der Waals surface area contributed by atoms with Crippen LogP contribution in [0.15, 0.2) is 30.3 Å². The molecule has 0 aromatic heterocycles. The molecule has 0 fully saturated rings. The second-order valence-corrected chi connectivity index (χ2v) is 7.33. The molecule has 0 aliphatic carbocycles. The van der Waals surface area contributed by atoms with E-state index in [0.29, 0.717) is 0 Å². The first-order valence-electron chi connectivity index (χ1n) is 5.78. The predicted molar refractivity (Wildman–Crippen MR) is 70.1 cm³/mol. The predicted octanol–water partition coefficient (Wildman–Crippen LogP) is 1.79. The van der Waals surface area contributed by atoms with Gasteiger partial charge in [-0.15, -0.1) is 0 Å². The summed E-state index contributed by atoms with van der Waals surface area (Å²) in [5.41, 5.74) is 0. The molecule has 0 radical (unpaired) electrons. The SMILES string of the molecule is CCC(C)C(C)([SiH2]c1ccccc1)C(=O)O. The smallest absolute Gasteiger partial charge is 0.306 e. The Hall–Kier alpha value is -1.09. The maximum Gasteiger partial charge on any atom is 0.306 e. The molecule has 88 valence electrons. The summed E-state index contributed by atoms with van der Waals surface area (Å²) in [6.07, 6.45) is 0.919. The van der Waals surface area contributed by atoms with Crippen molar-refractivity contribution in [2.75, 3.05) is 0 Å². The Morgan fingerprint density at radius 1 is 1.44 bits per heavy atom. The summed E-state index contributed by atoms with van der Waals surface area (Å²) >= 11 is 0. The van der Waals surface area contributed by atoms with Gasteiger partial charge in [0.1, 0.15) is 0 Å². The lowest BCUT2D eigenvalue weighted by Crippen LogP contribution is -2.38. The van der Waals surface area contributed by atoms with Crippen LogP contribution in [0.4, 0.5) is 0 Å². The fourth-order valence-corrected chi connectivity index (χ4v) is 4.08. The first-order valence-corrected chi connectivity index (χ1v) is 7.19. The van der Waals surface area contributed by atoms with Crippen molar-refractivity contribution in [3.8, 4) is 0 Å². The lowest BCUT2D eigenvalue weighted by atomic mass is 9.92. The lowest BCUT2D eigenvalue weighted by Gasteiger charge is -2.30. The summed E-state index contributed by atoms with van der Waals surface area (Å²) in [6, 6.07) is 10.0. The Bertz CT molecular complexity index is 350. The maximum absolute atomic E-state index is 11.5. The third kappa shape index (κ3) is 2.73. The van der Waals surface area contributed by atoms with Gasteiger partial charge < -0.3 is 5.11 Å². The summed E-state index contributed by atoms with van der Waals surface area (Å²) in [5.74, 6) is -0.408. The van der Waals surface area contributed by atoms with Crippen LogP contribution in [-0.4, -0.2) is 20.6 Å². The Morgan fingerprint density at radius 2 is 2.00 bits per heavy atom. The van der Waals surface area contributed by atoms with Crippen molar-refractivity contribution in [1.82, 2.24) is 0 Å². The molecule has 1 aromatic carbocycles. The number of carboxylic acids is 1. The molecule has 0 amide bonds. The Balaban J connectivity index is 2.92. The maximum atomic E-state index is 11.5. The average Bonchev–Trinajstić information content (AvgIpc) is 2.28. The molecule has 1 N–H and O–H groups in total. The van der Waals surface area contributed by atoms with Crippen molar-refractivity contribution >= 4 is 20.7 Å². The zero-order chi connectivity index (χ0) is 12.2. The van der Waals surface area contributed by atoms with Crippen LogP contribution >= 0.6 is 0 Å². The van der Waals surface area contributed by atoms with Crippen LogP contribution in [-0.2, 0) is 4.79 Å². The van der Waals surface area contributed by atoms with Gasteiger partial charge in [-0.3, -0.25) is 4.79 Å². The van der Waals surface area contributed by atoms with E-state index in [1.54, 1.807) is 0 Å². The number of aliphatic carboxylic acids is 1. The number of carboxylic acid groups (broad SMARTS) is 1. The highest BCUT2D eigenvalue weighted by molar-refractivity contribution is 6.61.